The van der Waals surface area contributed by atoms with Crippen molar-refractivity contribution in [3.05, 3.63) is 52.7 Å². The van der Waals surface area contributed by atoms with Crippen molar-refractivity contribution in [2.45, 2.75) is 58.6 Å². The van der Waals surface area contributed by atoms with Crippen molar-refractivity contribution < 1.29 is 9.13 Å². The van der Waals surface area contributed by atoms with Crippen molar-refractivity contribution in [2.24, 2.45) is 21.7 Å². The van der Waals surface area contributed by atoms with Crippen molar-refractivity contribution >= 4 is 17.9 Å². The number of allylic oxidation sites excluding steroid dienone is 2. The molecule has 2 atom stereocenters. The van der Waals surface area contributed by atoms with Crippen LogP contribution in [0.3, 0.4) is 0 Å². The molecule has 0 amide bonds. The monoisotopic (exact) mass is 494 g/mol. The van der Waals surface area contributed by atoms with Gasteiger partial charge in [0.1, 0.15) is 23.1 Å². The van der Waals surface area contributed by atoms with E-state index in [-0.39, 0.29) is 29.8 Å². The Bertz CT molecular complexity index is 1170. The zero-order valence-electron chi connectivity index (χ0n) is 21.5. The van der Waals surface area contributed by atoms with Gasteiger partial charge >= 0.3 is 0 Å². The molecule has 3 heterocycles. The maximum Gasteiger partial charge on any atom is 0.152 e. The Morgan fingerprint density at radius 3 is 2.75 bits per heavy atom. The molecule has 1 aromatic heterocycles. The third-order valence-corrected chi connectivity index (χ3v) is 7.25. The Hall–Kier alpha value is -3.43. The number of hydrazone groups is 1. The van der Waals surface area contributed by atoms with Gasteiger partial charge in [-0.2, -0.15) is 5.10 Å². The number of rotatable bonds is 7. The molecule has 5 rings (SSSR count). The number of ether oxygens (including phenoxy) is 1. The second-order valence-corrected chi connectivity index (χ2v) is 10.3. The zero-order chi connectivity index (χ0) is 25.4. The van der Waals surface area contributed by atoms with Crippen LogP contribution in [0, 0.1) is 19.8 Å². The number of nitrogens with one attached hydrogen (secondary N) is 1. The van der Waals surface area contributed by atoms with Crippen LogP contribution in [0.2, 0.25) is 0 Å². The van der Waals surface area contributed by atoms with Crippen molar-refractivity contribution in [3.8, 4) is 0 Å². The second kappa shape index (κ2) is 9.55. The minimum Gasteiger partial charge on any atom is -0.485 e. The molecule has 10 heteroatoms. The van der Waals surface area contributed by atoms with E-state index in [4.69, 9.17) is 15.5 Å². The predicted molar refractivity (Wildman–Crippen MR) is 139 cm³/mol. The molecule has 0 bridgehead atoms. The number of aryl methyl sites for hydroxylation is 2. The summed E-state index contributed by atoms with van der Waals surface area (Å²) >= 11 is 0. The molecule has 2 unspecified atom stereocenters. The lowest BCUT2D eigenvalue weighted by molar-refractivity contribution is 0.110. The topological polar surface area (TPSA) is 104 Å². The highest BCUT2D eigenvalue weighted by Crippen LogP contribution is 2.43. The fourth-order valence-corrected chi connectivity index (χ4v) is 4.86. The fraction of sp³-hybridized carbons (Fsp3) is 0.538. The number of hydrogen-bond acceptors (Lipinski definition) is 8. The van der Waals surface area contributed by atoms with E-state index in [1.165, 1.54) is 6.34 Å². The van der Waals surface area contributed by atoms with Crippen LogP contribution in [-0.4, -0.2) is 64.7 Å². The van der Waals surface area contributed by atoms with Crippen molar-refractivity contribution in [3.63, 3.8) is 0 Å². The number of fused-ring (bicyclic) bond motifs is 1. The Labute approximate surface area is 211 Å². The lowest BCUT2D eigenvalue weighted by Crippen LogP contribution is -2.46. The Balaban J connectivity index is 1.30. The number of halogens is 1. The molecule has 3 N–H and O–H groups in total. The number of aromatic nitrogens is 2. The fourth-order valence-electron chi connectivity index (χ4n) is 4.86. The van der Waals surface area contributed by atoms with E-state index in [9.17, 15) is 4.39 Å². The van der Waals surface area contributed by atoms with Gasteiger partial charge in [-0.15, -0.1) is 0 Å². The average molecular weight is 495 g/mol. The third-order valence-electron chi connectivity index (χ3n) is 7.25. The number of anilines is 1. The van der Waals surface area contributed by atoms with E-state index in [1.807, 2.05) is 26.8 Å². The van der Waals surface area contributed by atoms with Gasteiger partial charge < -0.3 is 25.7 Å². The summed E-state index contributed by atoms with van der Waals surface area (Å²) in [6.07, 6.45) is 9.20. The summed E-state index contributed by atoms with van der Waals surface area (Å²) in [5, 5.41) is 4.57. The molecule has 0 aromatic carbocycles. The van der Waals surface area contributed by atoms with E-state index in [0.717, 1.165) is 73.3 Å². The molecule has 0 spiro atoms. The molecule has 1 aromatic rings. The van der Waals surface area contributed by atoms with E-state index in [1.54, 1.807) is 6.20 Å². The van der Waals surface area contributed by atoms with Crippen LogP contribution in [0.1, 0.15) is 44.5 Å². The Morgan fingerprint density at radius 2 is 2.06 bits per heavy atom. The highest BCUT2D eigenvalue weighted by molar-refractivity contribution is 6.05. The molecule has 2 aliphatic heterocycles. The summed E-state index contributed by atoms with van der Waals surface area (Å²) in [6.45, 7) is 11.2. The number of nitrogens with two attached hydrogens (primary N) is 1. The van der Waals surface area contributed by atoms with Crippen molar-refractivity contribution in [1.29, 1.82) is 0 Å². The summed E-state index contributed by atoms with van der Waals surface area (Å²) in [6, 6.07) is -0.168. The molecule has 1 saturated heterocycles. The molecule has 1 saturated carbocycles. The Morgan fingerprint density at radius 1 is 1.31 bits per heavy atom. The molecule has 2 fully saturated rings. The smallest absolute Gasteiger partial charge is 0.152 e. The highest BCUT2D eigenvalue weighted by atomic mass is 19.1. The molecular formula is C26H35FN8O. The molecule has 192 valence electrons. The molecular weight excluding hydrogens is 459 g/mol. The van der Waals surface area contributed by atoms with Gasteiger partial charge in [-0.1, -0.05) is 6.92 Å². The number of aliphatic imine (C=N–C) groups is 1. The Kier molecular flexibility index (Phi) is 6.44. The molecule has 0 radical (unpaired) electrons. The van der Waals surface area contributed by atoms with Crippen LogP contribution in [0.25, 0.3) is 0 Å². The van der Waals surface area contributed by atoms with Gasteiger partial charge in [0.15, 0.2) is 5.76 Å². The molecule has 2 aliphatic carbocycles. The minimum atomic E-state index is -0.237. The van der Waals surface area contributed by atoms with Gasteiger partial charge in [0, 0.05) is 50.3 Å². The third kappa shape index (κ3) is 4.94. The van der Waals surface area contributed by atoms with Gasteiger partial charge in [0.2, 0.25) is 0 Å². The first kappa shape index (κ1) is 24.3. The van der Waals surface area contributed by atoms with Crippen molar-refractivity contribution in [2.75, 3.05) is 31.1 Å². The normalized spacial score (nSPS) is 24.4. The lowest BCUT2D eigenvalue weighted by Gasteiger charge is -2.37. The van der Waals surface area contributed by atoms with E-state index in [0.29, 0.717) is 5.76 Å². The highest BCUT2D eigenvalue weighted by Gasteiger charge is 2.42. The minimum absolute atomic E-state index is 0.0470. The van der Waals surface area contributed by atoms with Crippen LogP contribution >= 0.6 is 0 Å². The van der Waals surface area contributed by atoms with Gasteiger partial charge in [-0.25, -0.2) is 14.4 Å². The van der Waals surface area contributed by atoms with Crippen molar-refractivity contribution in [1.82, 2.24) is 20.3 Å². The van der Waals surface area contributed by atoms with Gasteiger partial charge in [-0.05, 0) is 45.8 Å². The quantitative estimate of drug-likeness (QED) is 0.443. The SMILES string of the molecule is Cc1cnc(C)c(N2CCN(C(=C/C(C)C3=NNC4CC(F)=C(OC5(C)CC5)C=C34)/N=C\N)CC2)n1. The number of nitrogens with zero attached hydrogens (tertiary/aromatic N) is 6. The van der Waals surface area contributed by atoms with Crippen LogP contribution in [0.4, 0.5) is 10.2 Å². The largest absolute Gasteiger partial charge is 0.485 e. The van der Waals surface area contributed by atoms with Gasteiger partial charge in [0.25, 0.3) is 0 Å². The predicted octanol–water partition coefficient (Wildman–Crippen LogP) is 3.09. The van der Waals surface area contributed by atoms with E-state index >= 15 is 0 Å². The molecule has 9 nitrogen and oxygen atoms in total. The standard InChI is InChI=1S/C26H35FN8O/c1-16(24-19-12-22(36-26(4)5-6-26)20(27)13-21(19)32-33-24)11-23(30-15-28)34-7-9-35(10-8-34)25-18(3)29-14-17(2)31-25/h11-12,14-16,21,32H,5-10,13H2,1-4H3,(H2,28,30)/b23-11+. The van der Waals surface area contributed by atoms with E-state index in [2.05, 4.69) is 43.3 Å². The second-order valence-electron chi connectivity index (χ2n) is 10.3. The summed E-state index contributed by atoms with van der Waals surface area (Å²) in [5.74, 6) is 1.83. The summed E-state index contributed by atoms with van der Waals surface area (Å²) in [7, 11) is 0. The van der Waals surface area contributed by atoms with Crippen LogP contribution in [0.5, 0.6) is 0 Å². The summed E-state index contributed by atoms with van der Waals surface area (Å²) in [5.41, 5.74) is 12.3. The lowest BCUT2D eigenvalue weighted by atomic mass is 9.89. The molecule has 36 heavy (non-hydrogen) atoms. The van der Waals surface area contributed by atoms with Crippen LogP contribution in [-0.2, 0) is 4.74 Å². The number of piperazine rings is 1. The summed E-state index contributed by atoms with van der Waals surface area (Å²) in [4.78, 5) is 18.1. The van der Waals surface area contributed by atoms with Gasteiger partial charge in [-0.3, -0.25) is 4.98 Å². The first-order valence-corrected chi connectivity index (χ1v) is 12.7. The van der Waals surface area contributed by atoms with Crippen LogP contribution < -0.4 is 16.1 Å². The first-order valence-electron chi connectivity index (χ1n) is 12.7. The molecule has 4 aliphatic rings. The maximum absolute atomic E-state index is 14.7. The van der Waals surface area contributed by atoms with Gasteiger partial charge in [0.05, 0.1) is 29.5 Å². The van der Waals surface area contributed by atoms with E-state index < -0.39 is 0 Å². The maximum atomic E-state index is 14.7. The summed E-state index contributed by atoms with van der Waals surface area (Å²) < 4.78 is 20.7. The van der Waals surface area contributed by atoms with Crippen LogP contribution in [0.15, 0.2) is 51.4 Å². The number of hydrogen-bond donors (Lipinski definition) is 2. The zero-order valence-corrected chi connectivity index (χ0v) is 21.5. The first-order chi connectivity index (χ1) is 17.3. The average Bonchev–Trinajstić information content (AvgIpc) is 3.44.